The summed E-state index contributed by atoms with van der Waals surface area (Å²) in [5.41, 5.74) is 0.308. The summed E-state index contributed by atoms with van der Waals surface area (Å²) in [4.78, 5) is 12.7. The first-order valence-corrected chi connectivity index (χ1v) is 8.36. The maximum atomic E-state index is 14.1. The van der Waals surface area contributed by atoms with Crippen molar-refractivity contribution in [2.45, 2.75) is 37.3 Å². The third-order valence-corrected chi connectivity index (χ3v) is 4.86. The molecule has 1 aliphatic carbocycles. The van der Waals surface area contributed by atoms with Gasteiger partial charge in [0.15, 0.2) is 0 Å². The molecule has 0 heterocycles. The summed E-state index contributed by atoms with van der Waals surface area (Å²) in [6.45, 7) is 1.74. The fourth-order valence-corrected chi connectivity index (χ4v) is 3.11. The third kappa shape index (κ3) is 3.37. The highest BCUT2D eigenvalue weighted by Crippen LogP contribution is 2.49. The van der Waals surface area contributed by atoms with E-state index < -0.39 is 17.6 Å². The summed E-state index contributed by atoms with van der Waals surface area (Å²) in [5.74, 6) is 0.0975. The minimum atomic E-state index is -0.855. The van der Waals surface area contributed by atoms with E-state index in [9.17, 15) is 14.3 Å². The van der Waals surface area contributed by atoms with Crippen molar-refractivity contribution in [3.05, 3.63) is 65.5 Å². The number of rotatable bonds is 6. The molecule has 2 unspecified atom stereocenters. The van der Waals surface area contributed by atoms with E-state index in [0.29, 0.717) is 29.7 Å². The largest absolute Gasteiger partial charge is 0.497 e. The normalized spacial score (nSPS) is 17.4. The highest BCUT2D eigenvalue weighted by atomic mass is 19.1. The van der Waals surface area contributed by atoms with Crippen molar-refractivity contribution in [3.63, 3.8) is 0 Å². The molecular formula is C20H22FNO3. The highest BCUT2D eigenvalue weighted by Gasteiger charge is 2.53. The number of halogens is 1. The number of aliphatic hydroxyl groups is 1. The van der Waals surface area contributed by atoms with Gasteiger partial charge in [0, 0.05) is 5.56 Å². The number of aliphatic hydroxyl groups excluding tert-OH is 1. The molecule has 2 aromatic carbocycles. The van der Waals surface area contributed by atoms with Crippen LogP contribution in [-0.4, -0.2) is 24.2 Å². The molecule has 0 bridgehead atoms. The lowest BCUT2D eigenvalue weighted by atomic mass is 9.93. The Morgan fingerprint density at radius 2 is 1.84 bits per heavy atom. The maximum absolute atomic E-state index is 14.1. The van der Waals surface area contributed by atoms with Gasteiger partial charge in [-0.3, -0.25) is 4.79 Å². The Morgan fingerprint density at radius 1 is 1.20 bits per heavy atom. The zero-order valence-corrected chi connectivity index (χ0v) is 14.3. The summed E-state index contributed by atoms with van der Waals surface area (Å²) in [6, 6.07) is 12.9. The maximum Gasteiger partial charge on any atom is 0.231 e. The van der Waals surface area contributed by atoms with Gasteiger partial charge in [-0.2, -0.15) is 0 Å². The minimum absolute atomic E-state index is 0.238. The quantitative estimate of drug-likeness (QED) is 0.847. The zero-order valence-electron chi connectivity index (χ0n) is 14.3. The molecule has 4 nitrogen and oxygen atoms in total. The van der Waals surface area contributed by atoms with Crippen molar-refractivity contribution < 1.29 is 19.0 Å². The van der Waals surface area contributed by atoms with Gasteiger partial charge in [0.1, 0.15) is 11.6 Å². The summed E-state index contributed by atoms with van der Waals surface area (Å²) < 4.78 is 19.2. The Morgan fingerprint density at radius 3 is 2.40 bits per heavy atom. The van der Waals surface area contributed by atoms with Crippen LogP contribution in [0.2, 0.25) is 0 Å². The van der Waals surface area contributed by atoms with Crippen LogP contribution < -0.4 is 10.1 Å². The molecule has 1 fully saturated rings. The molecule has 2 N–H and O–H groups in total. The lowest BCUT2D eigenvalue weighted by Crippen LogP contribution is -2.43. The molecule has 5 heteroatoms. The van der Waals surface area contributed by atoms with Crippen molar-refractivity contribution in [3.8, 4) is 5.75 Å². The second kappa shape index (κ2) is 6.84. The van der Waals surface area contributed by atoms with Gasteiger partial charge in [-0.05, 0) is 43.5 Å². The molecule has 0 aliphatic heterocycles. The van der Waals surface area contributed by atoms with Gasteiger partial charge >= 0.3 is 0 Å². The van der Waals surface area contributed by atoms with Crippen molar-refractivity contribution in [1.29, 1.82) is 0 Å². The molecule has 0 spiro atoms. The van der Waals surface area contributed by atoms with E-state index in [1.54, 1.807) is 56.5 Å². The number of ether oxygens (including phenoxy) is 1. The Balaban J connectivity index is 1.71. The van der Waals surface area contributed by atoms with Crippen LogP contribution in [0.25, 0.3) is 0 Å². The van der Waals surface area contributed by atoms with Gasteiger partial charge in [0.25, 0.3) is 0 Å². The fraction of sp³-hybridized carbons (Fsp3) is 0.350. The van der Waals surface area contributed by atoms with E-state index in [-0.39, 0.29) is 11.7 Å². The average Bonchev–Trinajstić information content (AvgIpc) is 3.43. The molecule has 1 saturated carbocycles. The van der Waals surface area contributed by atoms with Crippen LogP contribution in [0.1, 0.15) is 37.0 Å². The highest BCUT2D eigenvalue weighted by molar-refractivity contribution is 5.91. The molecule has 1 amide bonds. The van der Waals surface area contributed by atoms with Gasteiger partial charge in [-0.25, -0.2) is 4.39 Å². The number of hydrogen-bond acceptors (Lipinski definition) is 3. The van der Waals surface area contributed by atoms with Crippen molar-refractivity contribution in [2.24, 2.45) is 0 Å². The third-order valence-electron chi connectivity index (χ3n) is 4.86. The van der Waals surface area contributed by atoms with Crippen LogP contribution in [0.3, 0.4) is 0 Å². The van der Waals surface area contributed by atoms with Crippen LogP contribution in [-0.2, 0) is 10.2 Å². The average molecular weight is 343 g/mol. The Kier molecular flexibility index (Phi) is 4.77. The number of methoxy groups -OCH3 is 1. The summed E-state index contributed by atoms with van der Waals surface area (Å²) in [6.07, 6.45) is 0.377. The first-order valence-electron chi connectivity index (χ1n) is 8.36. The van der Waals surface area contributed by atoms with E-state index in [0.717, 1.165) is 0 Å². The number of carbonyl (C=O) groups is 1. The summed E-state index contributed by atoms with van der Waals surface area (Å²) in [5, 5.41) is 13.3. The monoisotopic (exact) mass is 343 g/mol. The van der Waals surface area contributed by atoms with Crippen LogP contribution in [0.15, 0.2) is 48.5 Å². The lowest BCUT2D eigenvalue weighted by Gasteiger charge is -2.24. The van der Waals surface area contributed by atoms with E-state index in [4.69, 9.17) is 4.74 Å². The molecule has 1 aliphatic rings. The van der Waals surface area contributed by atoms with Gasteiger partial charge in [-0.15, -0.1) is 0 Å². The molecule has 132 valence electrons. The second-order valence-electron chi connectivity index (χ2n) is 6.54. The van der Waals surface area contributed by atoms with Gasteiger partial charge in [0.05, 0.1) is 24.7 Å². The molecule has 2 atom stereocenters. The number of nitrogens with one attached hydrogen (secondary N) is 1. The lowest BCUT2D eigenvalue weighted by molar-refractivity contribution is -0.125. The summed E-state index contributed by atoms with van der Waals surface area (Å²) in [7, 11) is 1.58. The van der Waals surface area contributed by atoms with Gasteiger partial charge < -0.3 is 15.2 Å². The van der Waals surface area contributed by atoms with Gasteiger partial charge in [-0.1, -0.05) is 30.3 Å². The predicted octanol–water partition coefficient (Wildman–Crippen LogP) is 3.10. The SMILES string of the molecule is COc1ccc(C(O)C(C)NC(=O)C2(c3ccccc3F)CC2)cc1. The number of hydrogen-bond donors (Lipinski definition) is 2. The van der Waals surface area contributed by atoms with Crippen LogP contribution in [0.5, 0.6) is 5.75 Å². The molecule has 0 radical (unpaired) electrons. The fourth-order valence-electron chi connectivity index (χ4n) is 3.11. The van der Waals surface area contributed by atoms with Gasteiger partial charge in [0.2, 0.25) is 5.91 Å². The molecule has 2 aromatic rings. The summed E-state index contributed by atoms with van der Waals surface area (Å²) >= 11 is 0. The minimum Gasteiger partial charge on any atom is -0.497 e. The first-order chi connectivity index (χ1) is 12.0. The van der Waals surface area contributed by atoms with Crippen molar-refractivity contribution >= 4 is 5.91 Å². The molecule has 0 saturated heterocycles. The topological polar surface area (TPSA) is 58.6 Å². The Labute approximate surface area is 146 Å². The Hall–Kier alpha value is -2.40. The number of carbonyl (C=O) groups excluding carboxylic acids is 1. The smallest absolute Gasteiger partial charge is 0.231 e. The second-order valence-corrected chi connectivity index (χ2v) is 6.54. The van der Waals surface area contributed by atoms with E-state index in [2.05, 4.69) is 5.32 Å². The van der Waals surface area contributed by atoms with E-state index in [1.807, 2.05) is 0 Å². The van der Waals surface area contributed by atoms with E-state index >= 15 is 0 Å². The van der Waals surface area contributed by atoms with Crippen molar-refractivity contribution in [1.82, 2.24) is 5.32 Å². The van der Waals surface area contributed by atoms with E-state index in [1.165, 1.54) is 6.07 Å². The molecular weight excluding hydrogens is 321 g/mol. The molecule has 0 aromatic heterocycles. The molecule has 3 rings (SSSR count). The van der Waals surface area contributed by atoms with Crippen LogP contribution in [0.4, 0.5) is 4.39 Å². The van der Waals surface area contributed by atoms with Crippen LogP contribution in [0, 0.1) is 5.82 Å². The first kappa shape index (κ1) is 17.4. The zero-order chi connectivity index (χ0) is 18.0. The number of benzene rings is 2. The Bertz CT molecular complexity index is 756. The standard InChI is InChI=1S/C20H22FNO3/c1-13(18(23)14-7-9-15(25-2)10-8-14)22-19(24)20(11-12-20)16-5-3-4-6-17(16)21/h3-10,13,18,23H,11-12H2,1-2H3,(H,22,24). The number of amides is 1. The van der Waals surface area contributed by atoms with Crippen LogP contribution >= 0.6 is 0 Å². The molecule has 25 heavy (non-hydrogen) atoms. The van der Waals surface area contributed by atoms with Crippen molar-refractivity contribution in [2.75, 3.05) is 7.11 Å². The predicted molar refractivity (Wildman–Crippen MR) is 92.9 cm³/mol.